The van der Waals surface area contributed by atoms with E-state index in [9.17, 15) is 8.42 Å². The van der Waals surface area contributed by atoms with Crippen molar-refractivity contribution in [1.82, 2.24) is 13.8 Å². The first kappa shape index (κ1) is 18.5. The predicted molar refractivity (Wildman–Crippen MR) is 104 cm³/mol. The van der Waals surface area contributed by atoms with Crippen LogP contribution in [0.4, 0.5) is 0 Å². The van der Waals surface area contributed by atoms with Gasteiger partial charge in [0.15, 0.2) is 0 Å². The first-order chi connectivity index (χ1) is 11.8. The molecule has 1 fully saturated rings. The van der Waals surface area contributed by atoms with Crippen molar-refractivity contribution in [3.63, 3.8) is 0 Å². The molecule has 1 aliphatic heterocycles. The van der Waals surface area contributed by atoms with Gasteiger partial charge in [0.1, 0.15) is 0 Å². The van der Waals surface area contributed by atoms with Crippen molar-refractivity contribution in [2.75, 3.05) is 39.0 Å². The number of hydrogen-bond acceptors (Lipinski definition) is 4. The molecular weight excluding hydrogens is 358 g/mol. The molecule has 0 bridgehead atoms. The molecular formula is C18H24ClN3O2S. The van der Waals surface area contributed by atoms with Gasteiger partial charge in [-0.2, -0.15) is 0 Å². The Hall–Kier alpha value is -1.34. The number of benzene rings is 1. The molecule has 0 radical (unpaired) electrons. The van der Waals surface area contributed by atoms with E-state index < -0.39 is 10.0 Å². The summed E-state index contributed by atoms with van der Waals surface area (Å²) in [5, 5.41) is 1.53. The average Bonchev–Trinajstić information content (AvgIpc) is 2.82. The quantitative estimate of drug-likeness (QED) is 0.747. The summed E-state index contributed by atoms with van der Waals surface area (Å²) in [4.78, 5) is 4.67. The monoisotopic (exact) mass is 381 g/mol. The molecule has 5 nitrogen and oxygen atoms in total. The summed E-state index contributed by atoms with van der Waals surface area (Å²) in [5.74, 6) is -0.0891. The SMILES string of the molecule is C=CCS(=O)(=O)n1c(C)c(CN2CCN(C)CC2)c2cc(Cl)ccc21. The molecule has 0 spiro atoms. The number of hydrogen-bond donors (Lipinski definition) is 0. The minimum atomic E-state index is -3.48. The van der Waals surface area contributed by atoms with Crippen LogP contribution in [0.15, 0.2) is 30.9 Å². The predicted octanol–water partition coefficient (Wildman–Crippen LogP) is 2.71. The smallest absolute Gasteiger partial charge is 0.242 e. The zero-order valence-electron chi connectivity index (χ0n) is 14.7. The molecule has 7 heteroatoms. The van der Waals surface area contributed by atoms with Gasteiger partial charge < -0.3 is 4.90 Å². The van der Waals surface area contributed by atoms with Crippen LogP contribution >= 0.6 is 11.6 Å². The number of nitrogens with zero attached hydrogens (tertiary/aromatic N) is 3. The minimum absolute atomic E-state index is 0.0891. The van der Waals surface area contributed by atoms with E-state index in [0.717, 1.165) is 49.4 Å². The van der Waals surface area contributed by atoms with Crippen LogP contribution in [0.1, 0.15) is 11.3 Å². The van der Waals surface area contributed by atoms with Crippen LogP contribution in [-0.2, 0) is 16.6 Å². The van der Waals surface area contributed by atoms with E-state index in [1.54, 1.807) is 12.1 Å². The topological polar surface area (TPSA) is 45.6 Å². The molecule has 1 aromatic heterocycles. The molecule has 0 atom stereocenters. The van der Waals surface area contributed by atoms with Crippen LogP contribution in [-0.4, -0.2) is 61.2 Å². The molecule has 25 heavy (non-hydrogen) atoms. The zero-order valence-corrected chi connectivity index (χ0v) is 16.3. The number of piperazine rings is 1. The Balaban J connectivity index is 2.10. The highest BCUT2D eigenvalue weighted by atomic mass is 35.5. The Morgan fingerprint density at radius 2 is 1.92 bits per heavy atom. The highest BCUT2D eigenvalue weighted by Crippen LogP contribution is 2.31. The lowest BCUT2D eigenvalue weighted by Gasteiger charge is -2.32. The Morgan fingerprint density at radius 1 is 1.24 bits per heavy atom. The van der Waals surface area contributed by atoms with Crippen LogP contribution in [0.2, 0.25) is 5.02 Å². The van der Waals surface area contributed by atoms with Gasteiger partial charge in [0.25, 0.3) is 0 Å². The summed E-state index contributed by atoms with van der Waals surface area (Å²) in [5.41, 5.74) is 2.49. The Morgan fingerprint density at radius 3 is 2.56 bits per heavy atom. The third kappa shape index (κ3) is 3.62. The van der Waals surface area contributed by atoms with Crippen molar-refractivity contribution in [2.24, 2.45) is 0 Å². The van der Waals surface area contributed by atoms with Gasteiger partial charge in [-0.25, -0.2) is 12.4 Å². The van der Waals surface area contributed by atoms with Crippen LogP contribution in [0.5, 0.6) is 0 Å². The molecule has 0 N–H and O–H groups in total. The molecule has 3 rings (SSSR count). The largest absolute Gasteiger partial charge is 0.304 e. The maximum Gasteiger partial charge on any atom is 0.242 e. The first-order valence-corrected chi connectivity index (χ1v) is 10.4. The molecule has 0 aliphatic carbocycles. The summed E-state index contributed by atoms with van der Waals surface area (Å²) < 4.78 is 26.9. The fourth-order valence-corrected chi connectivity index (χ4v) is 5.04. The fraction of sp³-hybridized carbons (Fsp3) is 0.444. The number of likely N-dealkylation sites (N-methyl/N-ethyl adjacent to an activating group) is 1. The number of halogens is 1. The van der Waals surface area contributed by atoms with E-state index in [1.807, 2.05) is 13.0 Å². The van der Waals surface area contributed by atoms with Gasteiger partial charge in [0, 0.05) is 48.8 Å². The van der Waals surface area contributed by atoms with E-state index in [4.69, 9.17) is 11.6 Å². The Bertz CT molecular complexity index is 897. The molecule has 2 aromatic rings. The summed E-state index contributed by atoms with van der Waals surface area (Å²) in [6.07, 6.45) is 1.43. The molecule has 0 amide bonds. The minimum Gasteiger partial charge on any atom is -0.304 e. The van der Waals surface area contributed by atoms with Gasteiger partial charge in [-0.1, -0.05) is 17.7 Å². The Labute approximate surface area is 154 Å². The highest BCUT2D eigenvalue weighted by Gasteiger charge is 2.24. The summed E-state index contributed by atoms with van der Waals surface area (Å²) in [7, 11) is -1.36. The van der Waals surface area contributed by atoms with Gasteiger partial charge in [-0.3, -0.25) is 4.90 Å². The van der Waals surface area contributed by atoms with E-state index >= 15 is 0 Å². The van der Waals surface area contributed by atoms with Crippen molar-refractivity contribution >= 4 is 32.5 Å². The Kier molecular flexibility index (Phi) is 5.25. The molecule has 0 saturated carbocycles. The summed E-state index contributed by atoms with van der Waals surface area (Å²) >= 11 is 6.19. The first-order valence-electron chi connectivity index (χ1n) is 8.38. The van der Waals surface area contributed by atoms with Crippen LogP contribution < -0.4 is 0 Å². The highest BCUT2D eigenvalue weighted by molar-refractivity contribution is 7.90. The third-order valence-electron chi connectivity index (χ3n) is 4.83. The van der Waals surface area contributed by atoms with E-state index in [2.05, 4.69) is 23.4 Å². The van der Waals surface area contributed by atoms with Crippen LogP contribution in [0.25, 0.3) is 10.9 Å². The molecule has 1 saturated heterocycles. The van der Waals surface area contributed by atoms with Crippen molar-refractivity contribution in [3.8, 4) is 0 Å². The van der Waals surface area contributed by atoms with E-state index in [-0.39, 0.29) is 5.75 Å². The van der Waals surface area contributed by atoms with E-state index in [1.165, 1.54) is 10.0 Å². The molecule has 1 aromatic carbocycles. The normalized spacial score (nSPS) is 17.2. The lowest BCUT2D eigenvalue weighted by atomic mass is 10.1. The molecule has 136 valence electrons. The lowest BCUT2D eigenvalue weighted by molar-refractivity contribution is 0.148. The van der Waals surface area contributed by atoms with Crippen molar-refractivity contribution < 1.29 is 8.42 Å². The maximum atomic E-state index is 12.7. The van der Waals surface area contributed by atoms with Crippen LogP contribution in [0.3, 0.4) is 0 Å². The second-order valence-corrected chi connectivity index (χ2v) is 8.94. The van der Waals surface area contributed by atoms with Crippen molar-refractivity contribution in [3.05, 3.63) is 47.1 Å². The van der Waals surface area contributed by atoms with Crippen molar-refractivity contribution in [1.29, 1.82) is 0 Å². The number of aromatic nitrogens is 1. The summed E-state index contributed by atoms with van der Waals surface area (Å²) in [6, 6.07) is 5.40. The van der Waals surface area contributed by atoms with Crippen molar-refractivity contribution in [2.45, 2.75) is 13.5 Å². The van der Waals surface area contributed by atoms with Gasteiger partial charge in [0.2, 0.25) is 10.0 Å². The molecule has 2 heterocycles. The van der Waals surface area contributed by atoms with Gasteiger partial charge >= 0.3 is 0 Å². The second kappa shape index (κ2) is 7.11. The van der Waals surface area contributed by atoms with E-state index in [0.29, 0.717) is 10.5 Å². The standard InChI is InChI=1S/C18H24ClN3O2S/c1-4-11-25(23,24)22-14(2)17(13-21-9-7-20(3)8-10-21)16-12-15(19)5-6-18(16)22/h4-6,12H,1,7-11,13H2,2-3H3. The second-order valence-electron chi connectivity index (χ2n) is 6.64. The number of fused-ring (bicyclic) bond motifs is 1. The van der Waals surface area contributed by atoms with Gasteiger partial charge in [-0.05, 0) is 37.7 Å². The van der Waals surface area contributed by atoms with Gasteiger partial charge in [0.05, 0.1) is 11.3 Å². The number of rotatable bonds is 5. The maximum absolute atomic E-state index is 12.7. The summed E-state index contributed by atoms with van der Waals surface area (Å²) in [6.45, 7) is 10.2. The van der Waals surface area contributed by atoms with Crippen LogP contribution in [0, 0.1) is 6.92 Å². The lowest BCUT2D eigenvalue weighted by Crippen LogP contribution is -2.43. The molecule has 1 aliphatic rings. The van der Waals surface area contributed by atoms with Gasteiger partial charge in [-0.15, -0.1) is 6.58 Å². The average molecular weight is 382 g/mol. The third-order valence-corrected chi connectivity index (χ3v) is 6.75. The fourth-order valence-electron chi connectivity index (χ4n) is 3.44. The zero-order chi connectivity index (χ0) is 18.2. The molecule has 0 unspecified atom stereocenters.